The molecule has 0 aliphatic heterocycles. The summed E-state index contributed by atoms with van der Waals surface area (Å²) in [4.78, 5) is 14.4. The summed E-state index contributed by atoms with van der Waals surface area (Å²) < 4.78 is 5.33. The van der Waals surface area contributed by atoms with Gasteiger partial charge >= 0.3 is 0 Å². The summed E-state index contributed by atoms with van der Waals surface area (Å²) in [5.74, 6) is 0.607. The molecule has 0 saturated carbocycles. The lowest BCUT2D eigenvalue weighted by atomic mass is 10.1. The number of amides is 1. The summed E-state index contributed by atoms with van der Waals surface area (Å²) in [6.07, 6.45) is 1.70. The first-order valence-corrected chi connectivity index (χ1v) is 7.48. The van der Waals surface area contributed by atoms with E-state index in [-0.39, 0.29) is 5.91 Å². The predicted octanol–water partition coefficient (Wildman–Crippen LogP) is 3.50. The molecule has 0 spiro atoms. The van der Waals surface area contributed by atoms with Crippen LogP contribution in [0.1, 0.15) is 15.9 Å². The van der Waals surface area contributed by atoms with Crippen molar-refractivity contribution in [3.8, 4) is 5.75 Å². The Morgan fingerprint density at radius 3 is 2.96 bits per heavy atom. The highest BCUT2D eigenvalue weighted by Gasteiger charge is 2.17. The molecular weight excluding hydrogens is 314 g/mol. The van der Waals surface area contributed by atoms with Gasteiger partial charge in [-0.15, -0.1) is 0 Å². The fraction of sp³-hybridized carbons (Fsp3) is 0.176. The van der Waals surface area contributed by atoms with Crippen LogP contribution in [0.15, 0.2) is 42.6 Å². The summed E-state index contributed by atoms with van der Waals surface area (Å²) in [5, 5.41) is 8.39. The van der Waals surface area contributed by atoms with Gasteiger partial charge in [-0.05, 0) is 24.3 Å². The summed E-state index contributed by atoms with van der Waals surface area (Å²) in [6, 6.07) is 10.9. The quantitative estimate of drug-likeness (QED) is 0.797. The number of benzene rings is 2. The van der Waals surface area contributed by atoms with E-state index in [1.807, 2.05) is 12.1 Å². The minimum absolute atomic E-state index is 0.0955. The van der Waals surface area contributed by atoms with Gasteiger partial charge in [-0.25, -0.2) is 0 Å². The molecule has 1 heterocycles. The number of ether oxygens (including phenoxy) is 1. The van der Waals surface area contributed by atoms with Gasteiger partial charge in [0.05, 0.1) is 24.4 Å². The zero-order chi connectivity index (χ0) is 16.4. The molecule has 3 aromatic rings. The molecular formula is C17H16ClN3O2. The van der Waals surface area contributed by atoms with Crippen LogP contribution in [0.25, 0.3) is 10.9 Å². The van der Waals surface area contributed by atoms with Gasteiger partial charge in [-0.2, -0.15) is 5.10 Å². The Labute approximate surface area is 138 Å². The van der Waals surface area contributed by atoms with Gasteiger partial charge in [0.1, 0.15) is 5.75 Å². The number of hydrogen-bond acceptors (Lipinski definition) is 3. The van der Waals surface area contributed by atoms with Gasteiger partial charge in [0.25, 0.3) is 5.91 Å². The third-order valence-corrected chi connectivity index (χ3v) is 3.94. The van der Waals surface area contributed by atoms with Gasteiger partial charge < -0.3 is 9.64 Å². The fourth-order valence-electron chi connectivity index (χ4n) is 2.55. The van der Waals surface area contributed by atoms with Gasteiger partial charge in [0.15, 0.2) is 0 Å². The molecule has 6 heteroatoms. The highest BCUT2D eigenvalue weighted by atomic mass is 35.5. The molecule has 1 aromatic heterocycles. The van der Waals surface area contributed by atoms with E-state index >= 15 is 0 Å². The number of carbonyl (C=O) groups is 1. The van der Waals surface area contributed by atoms with Crippen LogP contribution >= 0.6 is 11.6 Å². The Hall–Kier alpha value is -2.53. The fourth-order valence-corrected chi connectivity index (χ4v) is 2.75. The number of aromatic nitrogens is 2. The summed E-state index contributed by atoms with van der Waals surface area (Å²) in [6.45, 7) is 0.396. The molecule has 2 aromatic carbocycles. The van der Waals surface area contributed by atoms with E-state index in [4.69, 9.17) is 16.3 Å². The van der Waals surface area contributed by atoms with Crippen LogP contribution in [-0.4, -0.2) is 35.2 Å². The Balaban J connectivity index is 1.89. The van der Waals surface area contributed by atoms with E-state index in [2.05, 4.69) is 10.2 Å². The second-order valence-corrected chi connectivity index (χ2v) is 5.69. The molecule has 0 bridgehead atoms. The van der Waals surface area contributed by atoms with Crippen LogP contribution in [0.3, 0.4) is 0 Å². The predicted molar refractivity (Wildman–Crippen MR) is 89.9 cm³/mol. The van der Waals surface area contributed by atoms with Crippen LogP contribution in [0.4, 0.5) is 0 Å². The summed E-state index contributed by atoms with van der Waals surface area (Å²) in [5.41, 5.74) is 2.18. The number of rotatable bonds is 4. The van der Waals surface area contributed by atoms with Crippen molar-refractivity contribution in [3.05, 3.63) is 58.7 Å². The topological polar surface area (TPSA) is 58.2 Å². The molecule has 0 atom stereocenters. The zero-order valence-corrected chi connectivity index (χ0v) is 13.6. The monoisotopic (exact) mass is 329 g/mol. The van der Waals surface area contributed by atoms with E-state index in [0.29, 0.717) is 22.9 Å². The summed E-state index contributed by atoms with van der Waals surface area (Å²) in [7, 11) is 3.35. The number of para-hydroxylation sites is 1. The molecule has 5 nitrogen and oxygen atoms in total. The number of nitrogens with zero attached hydrogens (tertiary/aromatic N) is 2. The Morgan fingerprint density at radius 2 is 2.17 bits per heavy atom. The first kappa shape index (κ1) is 15.4. The SMILES string of the molecule is COc1ccc(Cl)cc1CN(C)C(=O)c1cccc2cn[nH]c12. The van der Waals surface area contributed by atoms with Crippen LogP contribution < -0.4 is 4.74 Å². The summed E-state index contributed by atoms with van der Waals surface area (Å²) >= 11 is 6.05. The number of nitrogens with one attached hydrogen (secondary N) is 1. The maximum Gasteiger partial charge on any atom is 0.256 e. The lowest BCUT2D eigenvalue weighted by Crippen LogP contribution is -2.26. The normalized spacial score (nSPS) is 10.7. The van der Waals surface area contributed by atoms with Gasteiger partial charge in [0.2, 0.25) is 0 Å². The van der Waals surface area contributed by atoms with Crippen molar-refractivity contribution in [2.24, 2.45) is 0 Å². The van der Waals surface area contributed by atoms with Crippen molar-refractivity contribution in [1.82, 2.24) is 15.1 Å². The highest BCUT2D eigenvalue weighted by Crippen LogP contribution is 2.25. The number of carbonyl (C=O) groups excluding carboxylic acids is 1. The van der Waals surface area contributed by atoms with Gasteiger partial charge in [0, 0.05) is 29.6 Å². The molecule has 1 amide bonds. The Morgan fingerprint density at radius 1 is 1.35 bits per heavy atom. The van der Waals surface area contributed by atoms with Crippen LogP contribution in [0, 0.1) is 0 Å². The minimum atomic E-state index is -0.0955. The molecule has 0 fully saturated rings. The number of hydrogen-bond donors (Lipinski definition) is 1. The van der Waals surface area contributed by atoms with Crippen molar-refractivity contribution in [3.63, 3.8) is 0 Å². The third-order valence-electron chi connectivity index (χ3n) is 3.70. The number of H-pyrrole nitrogens is 1. The second-order valence-electron chi connectivity index (χ2n) is 5.26. The van der Waals surface area contributed by atoms with Gasteiger partial charge in [-0.3, -0.25) is 9.89 Å². The molecule has 0 radical (unpaired) electrons. The average molecular weight is 330 g/mol. The van der Waals surface area contributed by atoms with Crippen molar-refractivity contribution in [1.29, 1.82) is 0 Å². The Kier molecular flexibility index (Phi) is 4.21. The third kappa shape index (κ3) is 3.00. The lowest BCUT2D eigenvalue weighted by Gasteiger charge is -2.19. The highest BCUT2D eigenvalue weighted by molar-refractivity contribution is 6.30. The number of halogens is 1. The van der Waals surface area contributed by atoms with Crippen LogP contribution in [0.2, 0.25) is 5.02 Å². The number of fused-ring (bicyclic) bond motifs is 1. The molecule has 0 aliphatic rings. The molecule has 3 rings (SSSR count). The second kappa shape index (κ2) is 6.30. The first-order valence-electron chi connectivity index (χ1n) is 7.10. The van der Waals surface area contributed by atoms with Crippen LogP contribution in [-0.2, 0) is 6.54 Å². The molecule has 1 N–H and O–H groups in total. The standard InChI is InChI=1S/C17H16ClN3O2/c1-21(10-12-8-13(18)6-7-15(12)23-2)17(22)14-5-3-4-11-9-19-20-16(11)14/h3-9H,10H2,1-2H3,(H,19,20). The maximum atomic E-state index is 12.7. The van der Waals surface area contributed by atoms with E-state index in [1.165, 1.54) is 0 Å². The minimum Gasteiger partial charge on any atom is -0.496 e. The average Bonchev–Trinajstić information content (AvgIpc) is 3.03. The molecule has 118 valence electrons. The number of methoxy groups -OCH3 is 1. The zero-order valence-electron chi connectivity index (χ0n) is 12.8. The van der Waals surface area contributed by atoms with Crippen molar-refractivity contribution in [2.75, 3.05) is 14.2 Å². The smallest absolute Gasteiger partial charge is 0.256 e. The van der Waals surface area contributed by atoms with E-state index < -0.39 is 0 Å². The Bertz CT molecular complexity index is 860. The first-order chi connectivity index (χ1) is 11.1. The molecule has 0 aliphatic carbocycles. The molecule has 23 heavy (non-hydrogen) atoms. The van der Waals surface area contributed by atoms with E-state index in [0.717, 1.165) is 16.5 Å². The van der Waals surface area contributed by atoms with Crippen molar-refractivity contribution in [2.45, 2.75) is 6.54 Å². The molecule has 0 saturated heterocycles. The van der Waals surface area contributed by atoms with E-state index in [1.54, 1.807) is 49.5 Å². The van der Waals surface area contributed by atoms with Crippen LogP contribution in [0.5, 0.6) is 5.75 Å². The maximum absolute atomic E-state index is 12.7. The van der Waals surface area contributed by atoms with Crippen molar-refractivity contribution < 1.29 is 9.53 Å². The largest absolute Gasteiger partial charge is 0.496 e. The van der Waals surface area contributed by atoms with Gasteiger partial charge in [-0.1, -0.05) is 23.7 Å². The van der Waals surface area contributed by atoms with Crippen molar-refractivity contribution >= 4 is 28.4 Å². The number of aromatic amines is 1. The lowest BCUT2D eigenvalue weighted by molar-refractivity contribution is 0.0786. The molecule has 0 unspecified atom stereocenters. The van der Waals surface area contributed by atoms with E-state index in [9.17, 15) is 4.79 Å².